The first-order valence-corrected chi connectivity index (χ1v) is 13.5. The lowest BCUT2D eigenvalue weighted by Crippen LogP contribution is -2.19. The van der Waals surface area contributed by atoms with E-state index in [1.54, 1.807) is 30.3 Å². The Balaban J connectivity index is 1.39. The zero-order chi connectivity index (χ0) is 29.1. The van der Waals surface area contributed by atoms with Crippen molar-refractivity contribution in [2.45, 2.75) is 6.18 Å². The summed E-state index contributed by atoms with van der Waals surface area (Å²) in [5, 5.41) is 5.32. The highest BCUT2D eigenvalue weighted by Gasteiger charge is 2.31. The van der Waals surface area contributed by atoms with Gasteiger partial charge in [-0.05, 0) is 65.1 Å². The number of ether oxygens (including phenoxy) is 1. The zero-order valence-corrected chi connectivity index (χ0v) is 23.7. The molecule has 0 aliphatic carbocycles. The van der Waals surface area contributed by atoms with Gasteiger partial charge in [0.05, 0.1) is 22.9 Å². The van der Waals surface area contributed by atoms with E-state index in [0.717, 1.165) is 32.7 Å². The summed E-state index contributed by atoms with van der Waals surface area (Å²) in [5.74, 6) is -1.47. The number of nitrogens with zero attached hydrogens (tertiary/aromatic N) is 1. The third-order valence-electron chi connectivity index (χ3n) is 6.07. The van der Waals surface area contributed by atoms with E-state index in [-0.39, 0.29) is 17.0 Å². The number of carbonyl (C=O) groups is 2. The average molecular weight is 688 g/mol. The lowest BCUT2D eigenvalue weighted by molar-refractivity contribution is -0.137. The number of alkyl halides is 3. The van der Waals surface area contributed by atoms with Gasteiger partial charge in [-0.25, -0.2) is 10.2 Å². The fraction of sp³-hybridized carbons (Fsp3) is 0.0333. The van der Waals surface area contributed by atoms with Gasteiger partial charge in [0.25, 0.3) is 5.91 Å². The molecule has 4 aromatic carbocycles. The molecule has 1 aromatic heterocycles. The van der Waals surface area contributed by atoms with Gasteiger partial charge in [-0.3, -0.25) is 4.79 Å². The van der Waals surface area contributed by atoms with Gasteiger partial charge in [0.15, 0.2) is 0 Å². The molecule has 5 rings (SSSR count). The Kier molecular flexibility index (Phi) is 8.13. The summed E-state index contributed by atoms with van der Waals surface area (Å²) in [5.41, 5.74) is 3.87. The second-order valence-electron chi connectivity index (χ2n) is 8.72. The van der Waals surface area contributed by atoms with Crippen molar-refractivity contribution >= 4 is 63.2 Å². The van der Waals surface area contributed by atoms with Gasteiger partial charge in [0, 0.05) is 30.7 Å². The van der Waals surface area contributed by atoms with Crippen molar-refractivity contribution in [1.82, 2.24) is 10.4 Å². The molecule has 2 N–H and O–H groups in total. The minimum absolute atomic E-state index is 0.0461. The topological polar surface area (TPSA) is 83.5 Å². The number of halogens is 5. The van der Waals surface area contributed by atoms with Gasteiger partial charge >= 0.3 is 12.1 Å². The molecule has 0 saturated carbocycles. The summed E-state index contributed by atoms with van der Waals surface area (Å²) in [6, 6.07) is 23.1. The summed E-state index contributed by atoms with van der Waals surface area (Å²) in [6.45, 7) is 0. The molecule has 11 heteroatoms. The van der Waals surface area contributed by atoms with Crippen LogP contribution in [0.15, 0.2) is 96.1 Å². The van der Waals surface area contributed by atoms with Gasteiger partial charge in [0.2, 0.25) is 0 Å². The van der Waals surface area contributed by atoms with Crippen LogP contribution in [0.25, 0.3) is 22.0 Å². The number of fused-ring (bicyclic) bond motifs is 1. The molecular weight excluding hydrogens is 670 g/mol. The van der Waals surface area contributed by atoms with Crippen molar-refractivity contribution in [2.24, 2.45) is 5.10 Å². The molecule has 0 fully saturated rings. The van der Waals surface area contributed by atoms with E-state index in [0.29, 0.717) is 21.7 Å². The molecule has 0 aliphatic heterocycles. The number of H-pyrrole nitrogens is 1. The molecular formula is C30H18ClF3IN3O3. The van der Waals surface area contributed by atoms with Crippen LogP contribution in [0.3, 0.4) is 0 Å². The van der Waals surface area contributed by atoms with Gasteiger partial charge in [-0.15, -0.1) is 0 Å². The number of hydrogen-bond donors (Lipinski definition) is 2. The number of para-hydroxylation sites is 2. The van der Waals surface area contributed by atoms with Crippen LogP contribution in [0.1, 0.15) is 32.0 Å². The Morgan fingerprint density at radius 3 is 2.46 bits per heavy atom. The molecule has 6 nitrogen and oxygen atoms in total. The highest BCUT2D eigenvalue weighted by atomic mass is 127. The molecule has 41 heavy (non-hydrogen) atoms. The molecule has 0 radical (unpaired) electrons. The van der Waals surface area contributed by atoms with Crippen LogP contribution in [0.2, 0.25) is 5.02 Å². The smallest absolute Gasteiger partial charge is 0.416 e. The van der Waals surface area contributed by atoms with Crippen molar-refractivity contribution in [2.75, 3.05) is 0 Å². The fourth-order valence-corrected chi connectivity index (χ4v) is 5.04. The van der Waals surface area contributed by atoms with Crippen LogP contribution in [0.4, 0.5) is 13.2 Å². The number of benzene rings is 4. The highest BCUT2D eigenvalue weighted by molar-refractivity contribution is 14.1. The third-order valence-corrected chi connectivity index (χ3v) is 7.30. The van der Waals surface area contributed by atoms with Gasteiger partial charge in [-0.1, -0.05) is 60.1 Å². The standard InChI is InChI=1S/C30H18ClF3IN3O3/c31-22-12-3-2-10-20(22)25-21-11-6-13-23(35)26(21)37-27(25)28(39)38-36-16-18-7-1-4-14-24(18)41-29(40)17-8-5-9-19(15-17)30(32,33)34/h1-16,37H,(H,38,39). The minimum atomic E-state index is -4.60. The van der Waals surface area contributed by atoms with E-state index in [4.69, 9.17) is 16.3 Å². The molecule has 0 unspecified atom stereocenters. The summed E-state index contributed by atoms with van der Waals surface area (Å²) < 4.78 is 45.4. The summed E-state index contributed by atoms with van der Waals surface area (Å²) >= 11 is 8.65. The number of aromatic nitrogens is 1. The van der Waals surface area contributed by atoms with Crippen molar-refractivity contribution in [3.8, 4) is 16.9 Å². The monoisotopic (exact) mass is 687 g/mol. The summed E-state index contributed by atoms with van der Waals surface area (Å²) in [7, 11) is 0. The van der Waals surface area contributed by atoms with Crippen molar-refractivity contribution in [3.63, 3.8) is 0 Å². The number of aromatic amines is 1. The van der Waals surface area contributed by atoms with Crippen LogP contribution in [-0.4, -0.2) is 23.1 Å². The first-order chi connectivity index (χ1) is 19.6. The number of hydrazone groups is 1. The maximum atomic E-state index is 13.3. The zero-order valence-electron chi connectivity index (χ0n) is 20.8. The lowest BCUT2D eigenvalue weighted by atomic mass is 10.0. The Labute approximate surface area is 250 Å². The number of rotatable bonds is 6. The minimum Gasteiger partial charge on any atom is -0.422 e. The van der Waals surface area contributed by atoms with E-state index in [1.807, 2.05) is 30.3 Å². The lowest BCUT2D eigenvalue weighted by Gasteiger charge is -2.10. The summed E-state index contributed by atoms with van der Waals surface area (Å²) in [4.78, 5) is 29.1. The first-order valence-electron chi connectivity index (χ1n) is 12.0. The molecule has 5 aromatic rings. The van der Waals surface area contributed by atoms with Gasteiger partial charge in [-0.2, -0.15) is 18.3 Å². The van der Waals surface area contributed by atoms with Crippen LogP contribution in [-0.2, 0) is 6.18 Å². The molecule has 1 amide bonds. The van der Waals surface area contributed by atoms with Crippen LogP contribution in [0.5, 0.6) is 5.75 Å². The van der Waals surface area contributed by atoms with Crippen LogP contribution >= 0.6 is 34.2 Å². The fourth-order valence-electron chi connectivity index (χ4n) is 4.17. The number of amides is 1. The van der Waals surface area contributed by atoms with Crippen molar-refractivity contribution in [1.29, 1.82) is 0 Å². The second kappa shape index (κ2) is 11.8. The maximum Gasteiger partial charge on any atom is 0.416 e. The SMILES string of the molecule is O=C(Oc1ccccc1C=NNC(=O)c1[nH]c2c(I)cccc2c1-c1ccccc1Cl)c1cccc(C(F)(F)F)c1. The molecule has 0 saturated heterocycles. The summed E-state index contributed by atoms with van der Waals surface area (Å²) in [6.07, 6.45) is -3.33. The number of carbonyl (C=O) groups excluding carboxylic acids is 2. The molecule has 206 valence electrons. The number of nitrogens with one attached hydrogen (secondary N) is 2. The Bertz CT molecular complexity index is 1820. The normalized spacial score (nSPS) is 11.6. The average Bonchev–Trinajstić information content (AvgIpc) is 3.35. The molecule has 0 atom stereocenters. The van der Waals surface area contributed by atoms with Crippen LogP contribution in [0, 0.1) is 3.57 Å². The second-order valence-corrected chi connectivity index (χ2v) is 10.3. The first kappa shape index (κ1) is 28.4. The van der Waals surface area contributed by atoms with Crippen molar-refractivity contribution in [3.05, 3.63) is 122 Å². The predicted molar refractivity (Wildman–Crippen MR) is 159 cm³/mol. The molecule has 0 spiro atoms. The quantitative estimate of drug-likeness (QED) is 0.0623. The predicted octanol–water partition coefficient (Wildman–Crippen LogP) is 8.09. The highest BCUT2D eigenvalue weighted by Crippen LogP contribution is 2.38. The third kappa shape index (κ3) is 6.13. The van der Waals surface area contributed by atoms with Gasteiger partial charge in [0.1, 0.15) is 11.4 Å². The largest absolute Gasteiger partial charge is 0.422 e. The molecule has 0 aliphatic rings. The molecule has 0 bridgehead atoms. The van der Waals surface area contributed by atoms with E-state index >= 15 is 0 Å². The van der Waals surface area contributed by atoms with E-state index in [2.05, 4.69) is 38.1 Å². The Morgan fingerprint density at radius 2 is 1.68 bits per heavy atom. The van der Waals surface area contributed by atoms with E-state index < -0.39 is 23.6 Å². The maximum absolute atomic E-state index is 13.3. The van der Waals surface area contributed by atoms with Crippen molar-refractivity contribution < 1.29 is 27.5 Å². The number of esters is 1. The molecule has 1 heterocycles. The Morgan fingerprint density at radius 1 is 0.951 bits per heavy atom. The van der Waals surface area contributed by atoms with E-state index in [9.17, 15) is 22.8 Å². The van der Waals surface area contributed by atoms with E-state index in [1.165, 1.54) is 18.3 Å². The Hall–Kier alpha value is -4.16. The van der Waals surface area contributed by atoms with Gasteiger partial charge < -0.3 is 9.72 Å². The number of hydrogen-bond acceptors (Lipinski definition) is 4. The van der Waals surface area contributed by atoms with Crippen LogP contribution < -0.4 is 10.2 Å².